The van der Waals surface area contributed by atoms with Crippen LogP contribution in [0.5, 0.6) is 0 Å². The number of hydrogen-bond donors (Lipinski definition) is 0. The molecule has 4 heteroatoms. The van der Waals surface area contributed by atoms with Gasteiger partial charge in [0.05, 0.1) is 12.5 Å². The molecule has 0 saturated carbocycles. The van der Waals surface area contributed by atoms with Crippen LogP contribution in [0.15, 0.2) is 12.2 Å². The largest absolute Gasteiger partial charge is 0.465 e. The second-order valence-electron chi connectivity index (χ2n) is 23.3. The molecule has 0 radical (unpaired) electrons. The van der Waals surface area contributed by atoms with Crippen molar-refractivity contribution in [3.8, 4) is 0 Å². The molecule has 4 nitrogen and oxygen atoms in total. The molecule has 72 heavy (non-hydrogen) atoms. The van der Waals surface area contributed by atoms with Crippen molar-refractivity contribution in [2.75, 3.05) is 19.7 Å². The van der Waals surface area contributed by atoms with Crippen LogP contribution in [0.3, 0.4) is 0 Å². The van der Waals surface area contributed by atoms with Crippen LogP contribution in [-0.2, 0) is 14.3 Å². The fourth-order valence-corrected chi connectivity index (χ4v) is 10.9. The van der Waals surface area contributed by atoms with Crippen molar-refractivity contribution in [1.82, 2.24) is 4.90 Å². The third-order valence-corrected chi connectivity index (χ3v) is 16.0. The predicted octanol–water partition coefficient (Wildman–Crippen LogP) is 23.5. The molecule has 1 amide bonds. The van der Waals surface area contributed by atoms with Crippen molar-refractivity contribution in [2.45, 2.75) is 387 Å². The summed E-state index contributed by atoms with van der Waals surface area (Å²) < 4.78 is 5.88. The Kier molecular flexibility index (Phi) is 61.1. The van der Waals surface area contributed by atoms with Crippen LogP contribution < -0.4 is 0 Å². The molecule has 0 aliphatic heterocycles. The molecule has 0 aromatic heterocycles. The first-order valence-corrected chi connectivity index (χ1v) is 33.7. The first kappa shape index (κ1) is 70.7. The van der Waals surface area contributed by atoms with Gasteiger partial charge in [-0.25, -0.2) is 0 Å². The van der Waals surface area contributed by atoms with E-state index < -0.39 is 0 Å². The number of allylic oxidation sites excluding steroid dienone is 2. The van der Waals surface area contributed by atoms with Gasteiger partial charge in [-0.1, -0.05) is 342 Å². The molecule has 0 N–H and O–H groups in total. The zero-order chi connectivity index (χ0) is 52.2. The van der Waals surface area contributed by atoms with Crippen LogP contribution in [0.2, 0.25) is 0 Å². The lowest BCUT2D eigenvalue weighted by Gasteiger charge is -2.25. The number of rotatable bonds is 62. The number of carbonyl (C=O) groups excluding carboxylic acids is 2. The summed E-state index contributed by atoms with van der Waals surface area (Å²) in [5.41, 5.74) is 0. The number of amides is 1. The Bertz CT molecular complexity index is 1060. The predicted molar refractivity (Wildman–Crippen MR) is 321 cm³/mol. The monoisotopic (exact) mass is 1010 g/mol. The summed E-state index contributed by atoms with van der Waals surface area (Å²) in [6, 6.07) is 0. The topological polar surface area (TPSA) is 46.6 Å². The third kappa shape index (κ3) is 54.9. The molecule has 0 aromatic rings. The van der Waals surface area contributed by atoms with Gasteiger partial charge in [0.2, 0.25) is 5.91 Å². The minimum absolute atomic E-state index is 0.116. The lowest BCUT2D eigenvalue weighted by molar-refractivity contribution is -0.152. The minimum Gasteiger partial charge on any atom is -0.465 e. The van der Waals surface area contributed by atoms with E-state index in [-0.39, 0.29) is 17.8 Å². The molecule has 0 rings (SSSR count). The quantitative estimate of drug-likeness (QED) is 0.0346. The van der Waals surface area contributed by atoms with Crippen LogP contribution in [0.4, 0.5) is 0 Å². The number of unbranched alkanes of at least 4 members (excludes halogenated alkanes) is 49. The standard InChI is InChI=1S/C68H133NO3/c1-5-9-13-17-21-22-23-24-25-26-27-28-29-30-31-32-33-34-35-36-37-38-39-40-41-42-43-44-45-46-47-48-49-50-51-52-53-57-61-66(68(71)72-64-60-56-20-16-12-8-4)65-67(70)69(62-58-54-18-14-10-6-2)63-59-55-19-15-11-7-3/h38-39,66H,5-37,40-65H2,1-4H3/b39-38+. The SMILES string of the molecule is CCCCCCCCCCCCCCCCCCCCCC/C=C/CCCCCCCCCCCCCCCCC(CC(=O)N(CCCCCCCC)CCCCCCCC)C(=O)OCCCCCCCC. The minimum atomic E-state index is -0.293. The molecular formula is C68H133NO3. The first-order chi connectivity index (χ1) is 35.6. The molecule has 1 unspecified atom stereocenters. The van der Waals surface area contributed by atoms with Crippen LogP contribution in [0.1, 0.15) is 387 Å². The zero-order valence-electron chi connectivity index (χ0n) is 50.1. The molecule has 0 saturated heterocycles. The first-order valence-electron chi connectivity index (χ1n) is 33.7. The van der Waals surface area contributed by atoms with E-state index in [0.717, 1.165) is 58.0 Å². The van der Waals surface area contributed by atoms with Crippen LogP contribution >= 0.6 is 0 Å². The van der Waals surface area contributed by atoms with Gasteiger partial charge < -0.3 is 9.64 Å². The highest BCUT2D eigenvalue weighted by molar-refractivity contribution is 5.83. The summed E-state index contributed by atoms with van der Waals surface area (Å²) in [7, 11) is 0. The Labute approximate surface area is 454 Å². The van der Waals surface area contributed by atoms with Gasteiger partial charge in [0.1, 0.15) is 0 Å². The fraction of sp³-hybridized carbons (Fsp3) is 0.941. The maximum atomic E-state index is 13.9. The molecular weight excluding hydrogens is 879 g/mol. The van der Waals surface area contributed by atoms with E-state index in [2.05, 4.69) is 44.7 Å². The van der Waals surface area contributed by atoms with E-state index in [9.17, 15) is 9.59 Å². The van der Waals surface area contributed by atoms with Gasteiger partial charge in [-0.05, 0) is 51.4 Å². The average molecular weight is 1010 g/mol. The normalized spacial score (nSPS) is 12.1. The number of nitrogens with zero attached hydrogens (tertiary/aromatic N) is 1. The van der Waals surface area contributed by atoms with E-state index in [1.165, 1.54) is 308 Å². The molecule has 1 atom stereocenters. The maximum Gasteiger partial charge on any atom is 0.309 e. The second-order valence-corrected chi connectivity index (χ2v) is 23.3. The molecule has 0 aliphatic rings. The summed E-state index contributed by atoms with van der Waals surface area (Å²) in [6.45, 7) is 11.3. The number of hydrogen-bond acceptors (Lipinski definition) is 3. The van der Waals surface area contributed by atoms with E-state index in [1.807, 2.05) is 0 Å². The highest BCUT2D eigenvalue weighted by Gasteiger charge is 2.26. The third-order valence-electron chi connectivity index (χ3n) is 16.0. The average Bonchev–Trinajstić information content (AvgIpc) is 3.38. The van der Waals surface area contributed by atoms with Crippen LogP contribution in [0, 0.1) is 5.92 Å². The van der Waals surface area contributed by atoms with Crippen molar-refractivity contribution in [1.29, 1.82) is 0 Å². The van der Waals surface area contributed by atoms with Crippen molar-refractivity contribution in [3.05, 3.63) is 12.2 Å². The number of esters is 1. The van der Waals surface area contributed by atoms with Crippen molar-refractivity contribution >= 4 is 11.9 Å². The number of ether oxygens (including phenoxy) is 1. The lowest BCUT2D eigenvalue weighted by atomic mass is 9.96. The Morgan fingerprint density at radius 1 is 0.319 bits per heavy atom. The van der Waals surface area contributed by atoms with E-state index >= 15 is 0 Å². The summed E-state index contributed by atoms with van der Waals surface area (Å²) >= 11 is 0. The van der Waals surface area contributed by atoms with E-state index in [1.54, 1.807) is 0 Å². The van der Waals surface area contributed by atoms with Gasteiger partial charge in [-0.2, -0.15) is 0 Å². The van der Waals surface area contributed by atoms with Crippen LogP contribution in [-0.4, -0.2) is 36.5 Å². The number of carbonyl (C=O) groups is 2. The van der Waals surface area contributed by atoms with Gasteiger partial charge >= 0.3 is 5.97 Å². The van der Waals surface area contributed by atoms with E-state index in [0.29, 0.717) is 13.0 Å². The molecule has 0 aromatic carbocycles. The van der Waals surface area contributed by atoms with Gasteiger partial charge in [0.25, 0.3) is 0 Å². The molecule has 0 heterocycles. The van der Waals surface area contributed by atoms with Gasteiger partial charge in [0, 0.05) is 19.5 Å². The fourth-order valence-electron chi connectivity index (χ4n) is 10.9. The molecule has 0 aliphatic carbocycles. The lowest BCUT2D eigenvalue weighted by Crippen LogP contribution is -2.35. The highest BCUT2D eigenvalue weighted by Crippen LogP contribution is 2.22. The summed E-state index contributed by atoms with van der Waals surface area (Å²) in [5, 5.41) is 0. The van der Waals surface area contributed by atoms with Gasteiger partial charge in [-0.15, -0.1) is 0 Å². The summed E-state index contributed by atoms with van der Waals surface area (Å²) in [4.78, 5) is 29.5. The zero-order valence-corrected chi connectivity index (χ0v) is 50.1. The van der Waals surface area contributed by atoms with Crippen molar-refractivity contribution < 1.29 is 14.3 Å². The highest BCUT2D eigenvalue weighted by atomic mass is 16.5. The van der Waals surface area contributed by atoms with E-state index in [4.69, 9.17) is 4.74 Å². The van der Waals surface area contributed by atoms with Gasteiger partial charge in [0.15, 0.2) is 0 Å². The smallest absolute Gasteiger partial charge is 0.309 e. The molecule has 428 valence electrons. The van der Waals surface area contributed by atoms with Crippen LogP contribution in [0.25, 0.3) is 0 Å². The summed E-state index contributed by atoms with van der Waals surface area (Å²) in [6.07, 6.45) is 78.2. The maximum absolute atomic E-state index is 13.9. The molecule has 0 bridgehead atoms. The Balaban J connectivity index is 4.03. The van der Waals surface area contributed by atoms with Crippen molar-refractivity contribution in [3.63, 3.8) is 0 Å². The Morgan fingerprint density at radius 3 is 0.875 bits per heavy atom. The summed E-state index contributed by atoms with van der Waals surface area (Å²) in [5.74, 6) is -0.221. The van der Waals surface area contributed by atoms with Gasteiger partial charge in [-0.3, -0.25) is 9.59 Å². The molecule has 0 fully saturated rings. The Morgan fingerprint density at radius 2 is 0.569 bits per heavy atom. The molecule has 0 spiro atoms. The van der Waals surface area contributed by atoms with Crippen molar-refractivity contribution in [2.24, 2.45) is 5.92 Å². The second kappa shape index (κ2) is 62.2. The Hall–Kier alpha value is -1.32.